The van der Waals surface area contributed by atoms with Crippen LogP contribution < -0.4 is 15.8 Å². The van der Waals surface area contributed by atoms with E-state index >= 15 is 0 Å². The maximum atomic E-state index is 13.0. The van der Waals surface area contributed by atoms with Crippen molar-refractivity contribution in [2.75, 3.05) is 16.8 Å². The maximum Gasteiger partial charge on any atom is 0.266 e. The molecule has 0 spiro atoms. The van der Waals surface area contributed by atoms with Crippen molar-refractivity contribution in [1.82, 2.24) is 9.97 Å². The van der Waals surface area contributed by atoms with Crippen LogP contribution in [0.3, 0.4) is 0 Å². The number of hydrogen-bond acceptors (Lipinski definition) is 5. The third-order valence-corrected chi connectivity index (χ3v) is 7.19. The van der Waals surface area contributed by atoms with Crippen LogP contribution in [0.2, 0.25) is 0 Å². The maximum absolute atomic E-state index is 13.0. The highest BCUT2D eigenvalue weighted by molar-refractivity contribution is 7.20. The predicted molar refractivity (Wildman–Crippen MR) is 130 cm³/mol. The molecule has 0 bridgehead atoms. The van der Waals surface area contributed by atoms with Crippen molar-refractivity contribution < 1.29 is 4.79 Å². The Bertz CT molecular complexity index is 1420. The Kier molecular flexibility index (Phi) is 5.06. The normalized spacial score (nSPS) is 12.9. The number of benzene rings is 2. The molecule has 162 valence electrons. The number of para-hydroxylation sites is 1. The van der Waals surface area contributed by atoms with Gasteiger partial charge in [0.05, 0.1) is 16.8 Å². The Hall–Kier alpha value is -3.45. The fraction of sp³-hybridized carbons (Fsp3) is 0.240. The smallest absolute Gasteiger partial charge is 0.266 e. The Morgan fingerprint density at radius 2 is 2.00 bits per heavy atom. The molecule has 1 aliphatic heterocycles. The van der Waals surface area contributed by atoms with Crippen LogP contribution in [0.15, 0.2) is 47.3 Å². The Labute approximate surface area is 189 Å². The van der Waals surface area contributed by atoms with Gasteiger partial charge in [-0.25, -0.2) is 4.98 Å². The van der Waals surface area contributed by atoms with Gasteiger partial charge >= 0.3 is 0 Å². The molecule has 1 aliphatic rings. The fourth-order valence-corrected chi connectivity index (χ4v) is 5.46. The second-order valence-electron chi connectivity index (χ2n) is 8.32. The van der Waals surface area contributed by atoms with Gasteiger partial charge in [-0.05, 0) is 56.0 Å². The van der Waals surface area contributed by atoms with Crippen LogP contribution in [0.4, 0.5) is 11.4 Å². The SMILES string of the molecule is Cc1ccc(NC(=O)c2sc3nc(CN4CCc5ccccc54)[nH]c(=O)c3c2C)c(C)c1. The number of aryl methyl sites for hydroxylation is 3. The van der Waals surface area contributed by atoms with Crippen molar-refractivity contribution in [1.29, 1.82) is 0 Å². The third-order valence-electron chi connectivity index (χ3n) is 6.01. The molecule has 0 fully saturated rings. The van der Waals surface area contributed by atoms with E-state index in [2.05, 4.69) is 27.3 Å². The minimum atomic E-state index is -0.216. The van der Waals surface area contributed by atoms with E-state index in [1.54, 1.807) is 0 Å². The van der Waals surface area contributed by atoms with Crippen LogP contribution in [0.5, 0.6) is 0 Å². The topological polar surface area (TPSA) is 78.1 Å². The van der Waals surface area contributed by atoms with Crippen LogP contribution in [-0.4, -0.2) is 22.4 Å². The van der Waals surface area contributed by atoms with E-state index in [0.717, 1.165) is 29.8 Å². The summed E-state index contributed by atoms with van der Waals surface area (Å²) in [5, 5.41) is 3.47. The number of aromatic nitrogens is 2. The average molecular weight is 445 g/mol. The van der Waals surface area contributed by atoms with Gasteiger partial charge in [0.1, 0.15) is 10.7 Å². The van der Waals surface area contributed by atoms with Crippen molar-refractivity contribution in [3.8, 4) is 0 Å². The van der Waals surface area contributed by atoms with Gasteiger partial charge in [-0.15, -0.1) is 11.3 Å². The standard InChI is InChI=1S/C25H24N4O2S/c1-14-8-9-18(15(2)12-14)26-24(31)22-16(3)21-23(30)27-20(28-25(21)32-22)13-29-11-10-17-6-4-5-7-19(17)29/h4-9,12H,10-11,13H2,1-3H3,(H,26,31)(H,27,28,30). The van der Waals surface area contributed by atoms with E-state index in [-0.39, 0.29) is 11.5 Å². The Balaban J connectivity index is 1.45. The first-order chi connectivity index (χ1) is 15.4. The van der Waals surface area contributed by atoms with E-state index in [4.69, 9.17) is 4.98 Å². The highest BCUT2D eigenvalue weighted by Gasteiger charge is 2.22. The van der Waals surface area contributed by atoms with Gasteiger partial charge in [-0.2, -0.15) is 0 Å². The van der Waals surface area contributed by atoms with E-state index < -0.39 is 0 Å². The summed E-state index contributed by atoms with van der Waals surface area (Å²) in [6.07, 6.45) is 0.990. The van der Waals surface area contributed by atoms with Gasteiger partial charge in [0.2, 0.25) is 0 Å². The van der Waals surface area contributed by atoms with Crippen molar-refractivity contribution >= 4 is 38.8 Å². The lowest BCUT2D eigenvalue weighted by Gasteiger charge is -2.18. The van der Waals surface area contributed by atoms with Crippen molar-refractivity contribution in [3.63, 3.8) is 0 Å². The number of carbonyl (C=O) groups excluding carboxylic acids is 1. The molecule has 0 saturated carbocycles. The lowest BCUT2D eigenvalue weighted by molar-refractivity contribution is 0.103. The molecule has 0 saturated heterocycles. The summed E-state index contributed by atoms with van der Waals surface area (Å²) in [6.45, 7) is 7.22. The minimum absolute atomic E-state index is 0.197. The second kappa shape index (κ2) is 7.91. The molecule has 6 nitrogen and oxygen atoms in total. The number of fused-ring (bicyclic) bond motifs is 2. The number of hydrogen-bond donors (Lipinski definition) is 2. The van der Waals surface area contributed by atoms with Crippen LogP contribution >= 0.6 is 11.3 Å². The fourth-order valence-electron chi connectivity index (χ4n) is 4.36. The predicted octanol–water partition coefficient (Wildman–Crippen LogP) is 4.72. The van der Waals surface area contributed by atoms with Crippen LogP contribution in [-0.2, 0) is 13.0 Å². The first-order valence-corrected chi connectivity index (χ1v) is 11.5. The first-order valence-electron chi connectivity index (χ1n) is 10.6. The number of anilines is 2. The molecule has 7 heteroatoms. The Morgan fingerprint density at radius 1 is 1.19 bits per heavy atom. The van der Waals surface area contributed by atoms with Gasteiger partial charge in [0, 0.05) is 17.9 Å². The van der Waals surface area contributed by atoms with Crippen molar-refractivity contribution in [2.24, 2.45) is 0 Å². The number of H-pyrrole nitrogens is 1. The zero-order chi connectivity index (χ0) is 22.4. The molecule has 0 radical (unpaired) electrons. The van der Waals surface area contributed by atoms with Gasteiger partial charge in [-0.1, -0.05) is 35.9 Å². The van der Waals surface area contributed by atoms with Crippen LogP contribution in [0.1, 0.15) is 37.7 Å². The molecule has 32 heavy (non-hydrogen) atoms. The van der Waals surface area contributed by atoms with Crippen LogP contribution in [0.25, 0.3) is 10.2 Å². The summed E-state index contributed by atoms with van der Waals surface area (Å²) in [7, 11) is 0. The van der Waals surface area contributed by atoms with Crippen molar-refractivity contribution in [3.05, 3.63) is 85.8 Å². The van der Waals surface area contributed by atoms with Gasteiger partial charge in [0.15, 0.2) is 0 Å². The zero-order valence-corrected chi connectivity index (χ0v) is 19.1. The number of amides is 1. The van der Waals surface area contributed by atoms with E-state index in [1.165, 1.54) is 22.6 Å². The van der Waals surface area contributed by atoms with Gasteiger partial charge in [0.25, 0.3) is 11.5 Å². The molecule has 0 unspecified atom stereocenters. The molecular formula is C25H24N4O2S. The van der Waals surface area contributed by atoms with E-state index in [1.807, 2.05) is 51.1 Å². The number of rotatable bonds is 4. The number of nitrogens with zero attached hydrogens (tertiary/aromatic N) is 2. The summed E-state index contributed by atoms with van der Waals surface area (Å²) in [5.41, 5.74) is 5.88. The molecule has 5 rings (SSSR count). The van der Waals surface area contributed by atoms with E-state index in [0.29, 0.717) is 33.0 Å². The molecule has 2 aromatic heterocycles. The summed E-state index contributed by atoms with van der Waals surface area (Å²) in [4.78, 5) is 36.9. The van der Waals surface area contributed by atoms with Gasteiger partial charge < -0.3 is 15.2 Å². The number of thiophene rings is 1. The monoisotopic (exact) mass is 444 g/mol. The Morgan fingerprint density at radius 3 is 2.81 bits per heavy atom. The average Bonchev–Trinajstić information content (AvgIpc) is 3.31. The molecular weight excluding hydrogens is 420 g/mol. The third kappa shape index (κ3) is 3.58. The summed E-state index contributed by atoms with van der Waals surface area (Å²) in [6, 6.07) is 14.2. The molecule has 3 heterocycles. The number of nitrogens with one attached hydrogen (secondary N) is 2. The number of aromatic amines is 1. The molecule has 2 aromatic carbocycles. The van der Waals surface area contributed by atoms with Gasteiger partial charge in [-0.3, -0.25) is 9.59 Å². The van der Waals surface area contributed by atoms with Crippen LogP contribution in [0, 0.1) is 20.8 Å². The molecule has 4 aromatic rings. The summed E-state index contributed by atoms with van der Waals surface area (Å²) < 4.78 is 0. The largest absolute Gasteiger partial charge is 0.364 e. The zero-order valence-electron chi connectivity index (χ0n) is 18.3. The molecule has 2 N–H and O–H groups in total. The summed E-state index contributed by atoms with van der Waals surface area (Å²) >= 11 is 1.27. The quantitative estimate of drug-likeness (QED) is 0.477. The second-order valence-corrected chi connectivity index (χ2v) is 9.32. The lowest BCUT2D eigenvalue weighted by atomic mass is 10.1. The lowest BCUT2D eigenvalue weighted by Crippen LogP contribution is -2.23. The molecule has 0 atom stereocenters. The summed E-state index contributed by atoms with van der Waals surface area (Å²) in [5.74, 6) is 0.397. The molecule has 0 aliphatic carbocycles. The van der Waals surface area contributed by atoms with E-state index in [9.17, 15) is 9.59 Å². The highest BCUT2D eigenvalue weighted by atomic mass is 32.1. The minimum Gasteiger partial charge on any atom is -0.364 e. The first kappa shape index (κ1) is 20.5. The van der Waals surface area contributed by atoms with Crippen molar-refractivity contribution in [2.45, 2.75) is 33.7 Å². The highest BCUT2D eigenvalue weighted by Crippen LogP contribution is 2.30. The molecule has 1 amide bonds. The number of carbonyl (C=O) groups is 1.